The number of ether oxygens (including phenoxy) is 1. The zero-order chi connectivity index (χ0) is 56.4. The lowest BCUT2D eigenvalue weighted by Crippen LogP contribution is -2.47. The quantitative estimate of drug-likeness (QED) is 0.0205. The maximum atomic E-state index is 13.6. The minimum Gasteiger partial charge on any atom is -0.456 e. The van der Waals surface area contributed by atoms with E-state index in [-0.39, 0.29) is 31.5 Å². The molecule has 3 unspecified atom stereocenters. The third-order valence-electron chi connectivity index (χ3n) is 14.4. The number of nitrogens with zero attached hydrogens (tertiary/aromatic N) is 1. The van der Waals surface area contributed by atoms with Gasteiger partial charge < -0.3 is 19.4 Å². The van der Waals surface area contributed by atoms with E-state index in [1.54, 1.807) is 0 Å². The maximum Gasteiger partial charge on any atom is 0.472 e. The smallest absolute Gasteiger partial charge is 0.456 e. The van der Waals surface area contributed by atoms with Crippen LogP contribution in [0.4, 0.5) is 0 Å². The highest BCUT2D eigenvalue weighted by Gasteiger charge is 2.30. The van der Waals surface area contributed by atoms with Crippen LogP contribution >= 0.6 is 7.82 Å². The normalized spacial score (nSPS) is 14.0. The molecule has 0 fully saturated rings. The molecule has 0 radical (unpaired) electrons. The Hall–Kier alpha value is -2.29. The van der Waals surface area contributed by atoms with E-state index in [1.165, 1.54) is 186 Å². The van der Waals surface area contributed by atoms with E-state index < -0.39 is 20.0 Å². The Morgan fingerprint density at radius 1 is 0.455 bits per heavy atom. The van der Waals surface area contributed by atoms with Gasteiger partial charge in [-0.25, -0.2) is 4.57 Å². The lowest BCUT2D eigenvalue weighted by Gasteiger charge is -2.27. The second-order valence-corrected chi connectivity index (χ2v) is 24.7. The third kappa shape index (κ3) is 58.2. The molecule has 0 bridgehead atoms. The van der Waals surface area contributed by atoms with Gasteiger partial charge in [0.2, 0.25) is 5.91 Å². The molecule has 0 heterocycles. The number of quaternary nitrogens is 1. The Morgan fingerprint density at radius 2 is 0.792 bits per heavy atom. The van der Waals surface area contributed by atoms with E-state index in [0.29, 0.717) is 23.9 Å². The standard InChI is InChI=1S/C67H125N2O7P/c1-7-10-13-16-19-22-25-28-30-31-32-33-34-35-36-37-38-39-40-41-44-47-50-53-56-59-66(70)68-64(63-75-77(72,73)74-62-61-69(4,5)6)65(58-55-52-49-46-43-27-24-21-18-15-12-9-3)76-67(71)60-57-54-51-48-45-42-29-26-23-20-17-14-11-8-2/h19,22,28,30,32-33,42,45,55,58,64-65H,7-18,20-21,23-27,29,31,34-41,43-44,46-54,56-57,59-63H2,1-6H3,(H-,68,70,72,73)/p+1/b22-19-,30-28-,33-32-,45-42-,58-55-. The van der Waals surface area contributed by atoms with Crippen molar-refractivity contribution in [3.63, 3.8) is 0 Å². The van der Waals surface area contributed by atoms with Gasteiger partial charge in [0.15, 0.2) is 0 Å². The first-order valence-corrected chi connectivity index (χ1v) is 34.1. The molecule has 0 aromatic heterocycles. The predicted molar refractivity (Wildman–Crippen MR) is 332 cm³/mol. The average Bonchev–Trinajstić information content (AvgIpc) is 3.39. The zero-order valence-electron chi connectivity index (χ0n) is 51.5. The molecular formula is C67H126N2O7P+. The fraction of sp³-hybridized carbons (Fsp3) is 0.821. The fourth-order valence-corrected chi connectivity index (χ4v) is 10.1. The van der Waals surface area contributed by atoms with Gasteiger partial charge in [0.25, 0.3) is 0 Å². The summed E-state index contributed by atoms with van der Waals surface area (Å²) in [5, 5.41) is 3.06. The lowest BCUT2D eigenvalue weighted by molar-refractivity contribution is -0.870. The number of amides is 1. The number of hydrogen-bond donors (Lipinski definition) is 2. The molecule has 10 heteroatoms. The van der Waals surface area contributed by atoms with E-state index in [1.807, 2.05) is 33.3 Å². The van der Waals surface area contributed by atoms with Crippen molar-refractivity contribution in [3.8, 4) is 0 Å². The van der Waals surface area contributed by atoms with Crippen LogP contribution in [0.5, 0.6) is 0 Å². The molecule has 1 amide bonds. The maximum absolute atomic E-state index is 13.6. The van der Waals surface area contributed by atoms with E-state index >= 15 is 0 Å². The van der Waals surface area contributed by atoms with Crippen molar-refractivity contribution in [1.82, 2.24) is 5.32 Å². The lowest BCUT2D eigenvalue weighted by atomic mass is 10.0. The van der Waals surface area contributed by atoms with E-state index in [9.17, 15) is 19.0 Å². The van der Waals surface area contributed by atoms with Gasteiger partial charge in [0.1, 0.15) is 19.3 Å². The predicted octanol–water partition coefficient (Wildman–Crippen LogP) is 20.2. The minimum atomic E-state index is -4.45. The number of phosphoric acid groups is 1. The molecule has 0 spiro atoms. The monoisotopic (exact) mass is 1100 g/mol. The van der Waals surface area contributed by atoms with Crippen LogP contribution in [0.15, 0.2) is 60.8 Å². The second kappa shape index (κ2) is 57.0. The van der Waals surface area contributed by atoms with Crippen LogP contribution in [0.2, 0.25) is 0 Å². The van der Waals surface area contributed by atoms with Crippen molar-refractivity contribution in [1.29, 1.82) is 0 Å². The zero-order valence-corrected chi connectivity index (χ0v) is 52.3. The van der Waals surface area contributed by atoms with Crippen molar-refractivity contribution in [2.45, 2.75) is 315 Å². The number of hydrogen-bond acceptors (Lipinski definition) is 6. The topological polar surface area (TPSA) is 111 Å². The van der Waals surface area contributed by atoms with Gasteiger partial charge in [0.05, 0.1) is 33.8 Å². The molecular weight excluding hydrogens is 976 g/mol. The number of phosphoric ester groups is 1. The van der Waals surface area contributed by atoms with Crippen LogP contribution in [0.25, 0.3) is 0 Å². The molecule has 0 aromatic carbocycles. The van der Waals surface area contributed by atoms with E-state index in [0.717, 1.165) is 77.0 Å². The van der Waals surface area contributed by atoms with Crippen molar-refractivity contribution >= 4 is 19.7 Å². The first kappa shape index (κ1) is 74.7. The summed E-state index contributed by atoms with van der Waals surface area (Å²) in [5.41, 5.74) is 0. The Kier molecular flexibility index (Phi) is 55.3. The van der Waals surface area contributed by atoms with Crippen molar-refractivity contribution < 1.29 is 37.3 Å². The van der Waals surface area contributed by atoms with Crippen molar-refractivity contribution in [2.75, 3.05) is 40.9 Å². The van der Waals surface area contributed by atoms with E-state index in [4.69, 9.17) is 13.8 Å². The van der Waals surface area contributed by atoms with Gasteiger partial charge in [-0.05, 0) is 96.0 Å². The molecule has 77 heavy (non-hydrogen) atoms. The highest BCUT2D eigenvalue weighted by atomic mass is 31.2. The van der Waals surface area contributed by atoms with Crippen molar-refractivity contribution in [2.24, 2.45) is 0 Å². The first-order chi connectivity index (χ1) is 37.4. The van der Waals surface area contributed by atoms with Gasteiger partial charge in [0, 0.05) is 12.8 Å². The SMILES string of the molecule is CCCCC/C=C\C/C=C\C/C=C\CCCCCCCCCCCCCCC(=O)NC(COP(=O)(O)OCC[N+](C)(C)C)C(/C=C\CCCCCCCCCCCC)OC(=O)CCCCC/C=C\CCCCCCCCC. The number of nitrogens with one attached hydrogen (secondary N) is 1. The van der Waals surface area contributed by atoms with Crippen LogP contribution in [-0.4, -0.2) is 74.3 Å². The molecule has 0 aliphatic heterocycles. The Balaban J connectivity index is 5.11. The number of esters is 1. The highest BCUT2D eigenvalue weighted by Crippen LogP contribution is 2.43. The Morgan fingerprint density at radius 3 is 1.23 bits per heavy atom. The largest absolute Gasteiger partial charge is 0.472 e. The van der Waals surface area contributed by atoms with Gasteiger partial charge >= 0.3 is 13.8 Å². The summed E-state index contributed by atoms with van der Waals surface area (Å²) >= 11 is 0. The van der Waals surface area contributed by atoms with Crippen LogP contribution in [0.3, 0.4) is 0 Å². The summed E-state index contributed by atoms with van der Waals surface area (Å²) in [5.74, 6) is -0.519. The summed E-state index contributed by atoms with van der Waals surface area (Å²) in [6, 6.07) is -0.855. The summed E-state index contributed by atoms with van der Waals surface area (Å²) < 4.78 is 30.7. The van der Waals surface area contributed by atoms with Crippen LogP contribution in [0.1, 0.15) is 303 Å². The molecule has 2 N–H and O–H groups in total. The summed E-state index contributed by atoms with van der Waals surface area (Å²) in [6.07, 6.45) is 72.2. The number of unbranched alkanes of at least 4 members (excludes halogenated alkanes) is 35. The first-order valence-electron chi connectivity index (χ1n) is 32.6. The van der Waals surface area contributed by atoms with Gasteiger partial charge in [-0.3, -0.25) is 18.6 Å². The van der Waals surface area contributed by atoms with Gasteiger partial charge in [-0.2, -0.15) is 0 Å². The number of carbonyl (C=O) groups excluding carboxylic acids is 2. The third-order valence-corrected chi connectivity index (χ3v) is 15.4. The van der Waals surface area contributed by atoms with Crippen molar-refractivity contribution in [3.05, 3.63) is 60.8 Å². The number of carbonyl (C=O) groups is 2. The summed E-state index contributed by atoms with van der Waals surface area (Å²) in [7, 11) is 1.49. The molecule has 3 atom stereocenters. The highest BCUT2D eigenvalue weighted by molar-refractivity contribution is 7.47. The van der Waals surface area contributed by atoms with Gasteiger partial charge in [-0.15, -0.1) is 0 Å². The summed E-state index contributed by atoms with van der Waals surface area (Å²) in [4.78, 5) is 37.7. The molecule has 9 nitrogen and oxygen atoms in total. The molecule has 450 valence electrons. The number of rotatable bonds is 59. The molecule has 0 aliphatic carbocycles. The Labute approximate surface area is 477 Å². The van der Waals surface area contributed by atoms with Crippen LogP contribution < -0.4 is 5.32 Å². The summed E-state index contributed by atoms with van der Waals surface area (Å²) in [6.45, 7) is 6.99. The molecule has 0 aromatic rings. The number of allylic oxidation sites excluding steroid dienone is 9. The second-order valence-electron chi connectivity index (χ2n) is 23.3. The average molecular weight is 1100 g/mol. The number of likely N-dealkylation sites (N-methyl/N-ethyl adjacent to an activating group) is 1. The fourth-order valence-electron chi connectivity index (χ4n) is 9.35. The van der Waals surface area contributed by atoms with Gasteiger partial charge in [-0.1, -0.05) is 255 Å². The molecule has 0 aliphatic rings. The van der Waals surface area contributed by atoms with Crippen LogP contribution in [0, 0.1) is 0 Å². The molecule has 0 rings (SSSR count). The van der Waals surface area contributed by atoms with Crippen LogP contribution in [-0.2, 0) is 27.9 Å². The Bertz CT molecular complexity index is 1500. The van der Waals surface area contributed by atoms with E-state index in [2.05, 4.69) is 74.7 Å². The molecule has 0 saturated heterocycles. The molecule has 0 saturated carbocycles. The minimum absolute atomic E-state index is 0.0373.